The van der Waals surface area contributed by atoms with Gasteiger partial charge in [-0.05, 0) is 37.0 Å². The van der Waals surface area contributed by atoms with Crippen LogP contribution in [0.1, 0.15) is 38.2 Å². The van der Waals surface area contributed by atoms with E-state index in [-0.39, 0.29) is 0 Å². The summed E-state index contributed by atoms with van der Waals surface area (Å²) < 4.78 is 0. The lowest BCUT2D eigenvalue weighted by Crippen LogP contribution is -2.50. The summed E-state index contributed by atoms with van der Waals surface area (Å²) in [6, 6.07) is 8.26. The molecule has 2 aliphatic rings. The molecule has 0 bridgehead atoms. The Morgan fingerprint density at radius 1 is 1.15 bits per heavy atom. The highest BCUT2D eigenvalue weighted by Crippen LogP contribution is 2.26. The third kappa shape index (κ3) is 5.70. The van der Waals surface area contributed by atoms with Crippen LogP contribution in [0.5, 0.6) is 0 Å². The van der Waals surface area contributed by atoms with Crippen LogP contribution >= 0.6 is 0 Å². The number of carbonyl (C=O) groups excluding carboxylic acids is 1. The van der Waals surface area contributed by atoms with Crippen molar-refractivity contribution < 1.29 is 4.79 Å². The number of aliphatic imine (C=N–C) groups is 1. The Labute approximate surface area is 162 Å². The van der Waals surface area contributed by atoms with Crippen molar-refractivity contribution in [3.63, 3.8) is 0 Å². The molecule has 0 unspecified atom stereocenters. The summed E-state index contributed by atoms with van der Waals surface area (Å²) in [6.45, 7) is 7.24. The number of hydrogen-bond donors (Lipinski definition) is 2. The van der Waals surface area contributed by atoms with Crippen LogP contribution in [0.25, 0.3) is 0 Å². The van der Waals surface area contributed by atoms with Crippen molar-refractivity contribution in [2.75, 3.05) is 44.6 Å². The predicted octanol–water partition coefficient (Wildman–Crippen LogP) is 2.31. The lowest BCUT2D eigenvalue weighted by molar-refractivity contribution is -0.137. The highest BCUT2D eigenvalue weighted by Gasteiger charge is 2.29. The molecule has 6 heteroatoms. The van der Waals surface area contributed by atoms with Crippen LogP contribution < -0.4 is 11.1 Å². The lowest BCUT2D eigenvalue weighted by atomic mass is 10.1. The summed E-state index contributed by atoms with van der Waals surface area (Å²) in [6.07, 6.45) is 5.63. The van der Waals surface area contributed by atoms with Crippen molar-refractivity contribution in [1.29, 1.82) is 0 Å². The number of carbonyl (C=O) groups is 1. The van der Waals surface area contributed by atoms with Crippen molar-refractivity contribution in [2.45, 2.75) is 39.0 Å². The molecule has 0 radical (unpaired) electrons. The molecule has 1 aromatic carbocycles. The Bertz CT molecular complexity index is 628. The summed E-state index contributed by atoms with van der Waals surface area (Å²) in [4.78, 5) is 21.3. The molecule has 0 atom stereocenters. The fourth-order valence-corrected chi connectivity index (χ4v) is 3.95. The average molecular weight is 372 g/mol. The number of hydrogen-bond acceptors (Lipinski definition) is 3. The summed E-state index contributed by atoms with van der Waals surface area (Å²) in [5, 5.41) is 3.14. The molecule has 1 aliphatic heterocycles. The fourth-order valence-electron chi connectivity index (χ4n) is 3.95. The first kappa shape index (κ1) is 19.7. The van der Waals surface area contributed by atoms with Gasteiger partial charge in [0.1, 0.15) is 0 Å². The second kappa shape index (κ2) is 9.74. The number of nitrogens with one attached hydrogen (secondary N) is 1. The molecular formula is C21H33N5O. The van der Waals surface area contributed by atoms with Gasteiger partial charge in [-0.3, -0.25) is 14.7 Å². The SMILES string of the molecule is CCc1ccc(NC(N)=NCCN2CCN(C(=O)C3CCCC3)CC2)cc1. The summed E-state index contributed by atoms with van der Waals surface area (Å²) in [5.41, 5.74) is 8.26. The molecule has 6 nitrogen and oxygen atoms in total. The van der Waals surface area contributed by atoms with Gasteiger partial charge in [0.2, 0.25) is 5.91 Å². The predicted molar refractivity (Wildman–Crippen MR) is 111 cm³/mol. The van der Waals surface area contributed by atoms with Crippen LogP contribution in [0.3, 0.4) is 0 Å². The van der Waals surface area contributed by atoms with E-state index in [4.69, 9.17) is 5.73 Å². The van der Waals surface area contributed by atoms with E-state index < -0.39 is 0 Å². The van der Waals surface area contributed by atoms with Gasteiger partial charge in [0.25, 0.3) is 0 Å². The zero-order valence-electron chi connectivity index (χ0n) is 16.5. The van der Waals surface area contributed by atoms with E-state index in [0.29, 0.717) is 24.3 Å². The van der Waals surface area contributed by atoms with Crippen molar-refractivity contribution in [1.82, 2.24) is 9.80 Å². The van der Waals surface area contributed by atoms with Gasteiger partial charge >= 0.3 is 0 Å². The Kier molecular flexibility index (Phi) is 7.10. The van der Waals surface area contributed by atoms with Crippen LogP contribution in [0.2, 0.25) is 0 Å². The second-order valence-electron chi connectivity index (χ2n) is 7.59. The molecule has 1 amide bonds. The van der Waals surface area contributed by atoms with Crippen LogP contribution in [-0.2, 0) is 11.2 Å². The molecule has 3 rings (SSSR count). The first-order chi connectivity index (χ1) is 13.2. The first-order valence-electron chi connectivity index (χ1n) is 10.3. The van der Waals surface area contributed by atoms with Gasteiger partial charge in [-0.25, -0.2) is 0 Å². The maximum absolute atomic E-state index is 12.5. The van der Waals surface area contributed by atoms with Crippen LogP contribution in [-0.4, -0.2) is 60.9 Å². The molecule has 0 spiro atoms. The maximum atomic E-state index is 12.5. The first-order valence-corrected chi connectivity index (χ1v) is 10.3. The molecule has 148 valence electrons. The summed E-state index contributed by atoms with van der Waals surface area (Å²) >= 11 is 0. The largest absolute Gasteiger partial charge is 0.370 e. The molecule has 27 heavy (non-hydrogen) atoms. The van der Waals surface area contributed by atoms with Crippen molar-refractivity contribution in [2.24, 2.45) is 16.6 Å². The topological polar surface area (TPSA) is 74.0 Å². The second-order valence-corrected chi connectivity index (χ2v) is 7.59. The minimum atomic E-state index is 0.290. The van der Waals surface area contributed by atoms with E-state index in [2.05, 4.69) is 39.2 Å². The van der Waals surface area contributed by atoms with Crippen molar-refractivity contribution in [3.8, 4) is 0 Å². The van der Waals surface area contributed by atoms with E-state index in [1.807, 2.05) is 12.1 Å². The summed E-state index contributed by atoms with van der Waals surface area (Å²) in [7, 11) is 0. The summed E-state index contributed by atoms with van der Waals surface area (Å²) in [5.74, 6) is 1.13. The Morgan fingerprint density at radius 3 is 2.44 bits per heavy atom. The number of amides is 1. The van der Waals surface area contributed by atoms with Crippen molar-refractivity contribution >= 4 is 17.6 Å². The van der Waals surface area contributed by atoms with Gasteiger partial charge in [0.15, 0.2) is 5.96 Å². The Hall–Kier alpha value is -2.08. The van der Waals surface area contributed by atoms with Gasteiger partial charge in [0.05, 0.1) is 6.54 Å². The molecule has 1 saturated heterocycles. The van der Waals surface area contributed by atoms with Crippen LogP contribution in [0, 0.1) is 5.92 Å². The zero-order valence-corrected chi connectivity index (χ0v) is 16.5. The lowest BCUT2D eigenvalue weighted by Gasteiger charge is -2.35. The number of anilines is 1. The average Bonchev–Trinajstić information content (AvgIpc) is 3.23. The minimum absolute atomic E-state index is 0.290. The van der Waals surface area contributed by atoms with Gasteiger partial charge in [-0.15, -0.1) is 0 Å². The van der Waals surface area contributed by atoms with Gasteiger partial charge in [-0.1, -0.05) is 31.9 Å². The number of piperazine rings is 1. The van der Waals surface area contributed by atoms with Gasteiger partial charge in [0, 0.05) is 44.3 Å². The molecule has 3 N–H and O–H groups in total. The van der Waals surface area contributed by atoms with Gasteiger partial charge in [-0.2, -0.15) is 0 Å². The van der Waals surface area contributed by atoms with E-state index in [1.165, 1.54) is 18.4 Å². The third-order valence-corrected chi connectivity index (χ3v) is 5.72. The Morgan fingerprint density at radius 2 is 1.81 bits per heavy atom. The van der Waals surface area contributed by atoms with Gasteiger partial charge < -0.3 is 16.0 Å². The number of rotatable bonds is 6. The monoisotopic (exact) mass is 371 g/mol. The number of nitrogens with zero attached hydrogens (tertiary/aromatic N) is 3. The van der Waals surface area contributed by atoms with Crippen molar-refractivity contribution in [3.05, 3.63) is 29.8 Å². The van der Waals surface area contributed by atoms with E-state index >= 15 is 0 Å². The molecule has 2 fully saturated rings. The normalized spacial score (nSPS) is 19.4. The fraction of sp³-hybridized carbons (Fsp3) is 0.619. The molecular weight excluding hydrogens is 338 g/mol. The molecule has 1 aliphatic carbocycles. The Balaban J connectivity index is 1.36. The number of guanidine groups is 1. The number of nitrogens with two attached hydrogens (primary N) is 1. The van der Waals surface area contributed by atoms with Crippen LogP contribution in [0.15, 0.2) is 29.3 Å². The highest BCUT2D eigenvalue weighted by atomic mass is 16.2. The number of aryl methyl sites for hydroxylation is 1. The maximum Gasteiger partial charge on any atom is 0.225 e. The smallest absolute Gasteiger partial charge is 0.225 e. The zero-order chi connectivity index (χ0) is 19.1. The third-order valence-electron chi connectivity index (χ3n) is 5.72. The minimum Gasteiger partial charge on any atom is -0.370 e. The molecule has 0 aromatic heterocycles. The molecule has 1 heterocycles. The quantitative estimate of drug-likeness (QED) is 0.594. The highest BCUT2D eigenvalue weighted by molar-refractivity contribution is 5.92. The van der Waals surface area contributed by atoms with E-state index in [9.17, 15) is 4.79 Å². The molecule has 1 aromatic rings. The van der Waals surface area contributed by atoms with E-state index in [0.717, 1.165) is 57.7 Å². The molecule has 1 saturated carbocycles. The standard InChI is InChI=1S/C21H33N5O/c1-2-17-7-9-19(10-8-17)24-21(22)23-11-12-25-13-15-26(16-14-25)20(27)18-5-3-4-6-18/h7-10,18H,2-6,11-16H2,1H3,(H3,22,23,24). The van der Waals surface area contributed by atoms with E-state index in [1.54, 1.807) is 0 Å². The number of benzene rings is 1. The van der Waals surface area contributed by atoms with Crippen LogP contribution in [0.4, 0.5) is 5.69 Å².